The molecule has 0 unspecified atom stereocenters. The number of nitrogens with two attached hydrogens (primary N) is 1. The highest BCUT2D eigenvalue weighted by atomic mass is 14.7. The molecular weight excluding hydrogens is 196 g/mol. The lowest BCUT2D eigenvalue weighted by Crippen LogP contribution is -2.04. The fraction of sp³-hybridized carbons (Fsp3) is 0.357. The Kier molecular flexibility index (Phi) is 2.92. The molecule has 1 heterocycles. The summed E-state index contributed by atoms with van der Waals surface area (Å²) in [5.74, 6) is 0.490. The number of nitrogens with zero attached hydrogens (tertiary/aromatic N) is 1. The summed E-state index contributed by atoms with van der Waals surface area (Å²) in [7, 11) is 0. The third-order valence-electron chi connectivity index (χ3n) is 2.99. The van der Waals surface area contributed by atoms with E-state index < -0.39 is 0 Å². The zero-order valence-corrected chi connectivity index (χ0v) is 10.1. The second-order valence-corrected chi connectivity index (χ2v) is 4.53. The Morgan fingerprint density at radius 2 is 2.06 bits per heavy atom. The van der Waals surface area contributed by atoms with Gasteiger partial charge in [0.05, 0.1) is 11.2 Å². The van der Waals surface area contributed by atoms with Gasteiger partial charge >= 0.3 is 0 Å². The summed E-state index contributed by atoms with van der Waals surface area (Å²) in [5.41, 5.74) is 10.3. The molecule has 1 aromatic carbocycles. The van der Waals surface area contributed by atoms with Gasteiger partial charge in [-0.2, -0.15) is 0 Å². The normalized spacial score (nSPS) is 11.3. The van der Waals surface area contributed by atoms with E-state index in [2.05, 4.69) is 50.0 Å². The van der Waals surface area contributed by atoms with Gasteiger partial charge in [-0.3, -0.25) is 4.98 Å². The van der Waals surface area contributed by atoms with E-state index in [9.17, 15) is 0 Å². The topological polar surface area (TPSA) is 38.9 Å². The monoisotopic (exact) mass is 214 g/mol. The minimum absolute atomic E-state index is 0.490. The number of pyridine rings is 1. The SMILES string of the molecule is Cc1cc2cccc(C(C)C)c2nc1CN. The zero-order chi connectivity index (χ0) is 11.7. The van der Waals surface area contributed by atoms with Gasteiger partial charge in [0.2, 0.25) is 0 Å². The Labute approximate surface area is 96.5 Å². The molecule has 0 aliphatic rings. The number of para-hydroxylation sites is 1. The van der Waals surface area contributed by atoms with Gasteiger partial charge in [0.15, 0.2) is 0 Å². The van der Waals surface area contributed by atoms with Crippen molar-refractivity contribution in [1.82, 2.24) is 4.98 Å². The Balaban J connectivity index is 2.76. The first kappa shape index (κ1) is 11.1. The van der Waals surface area contributed by atoms with E-state index in [1.54, 1.807) is 0 Å². The number of aromatic nitrogens is 1. The molecule has 0 saturated carbocycles. The molecule has 0 fully saturated rings. The first-order chi connectivity index (χ1) is 7.63. The van der Waals surface area contributed by atoms with Crippen LogP contribution in [0.3, 0.4) is 0 Å². The van der Waals surface area contributed by atoms with Gasteiger partial charge in [0.25, 0.3) is 0 Å². The molecule has 2 rings (SSSR count). The van der Waals surface area contributed by atoms with Crippen LogP contribution >= 0.6 is 0 Å². The van der Waals surface area contributed by atoms with Crippen LogP contribution in [0.1, 0.15) is 36.6 Å². The number of rotatable bonds is 2. The average Bonchev–Trinajstić information content (AvgIpc) is 2.26. The molecule has 0 saturated heterocycles. The van der Waals surface area contributed by atoms with E-state index in [1.807, 2.05) is 0 Å². The third-order valence-corrected chi connectivity index (χ3v) is 2.99. The molecule has 16 heavy (non-hydrogen) atoms. The molecule has 0 spiro atoms. The molecule has 0 aliphatic heterocycles. The van der Waals surface area contributed by atoms with Crippen molar-refractivity contribution in [2.24, 2.45) is 5.73 Å². The smallest absolute Gasteiger partial charge is 0.0740 e. The molecule has 0 atom stereocenters. The van der Waals surface area contributed by atoms with Crippen LogP contribution in [0.15, 0.2) is 24.3 Å². The molecular formula is C14H18N2. The van der Waals surface area contributed by atoms with Crippen LogP contribution in [-0.2, 0) is 6.54 Å². The van der Waals surface area contributed by atoms with Crippen LogP contribution in [0.2, 0.25) is 0 Å². The van der Waals surface area contributed by atoms with Crippen molar-refractivity contribution in [1.29, 1.82) is 0 Å². The minimum Gasteiger partial charge on any atom is -0.325 e. The van der Waals surface area contributed by atoms with Crippen molar-refractivity contribution in [3.8, 4) is 0 Å². The number of hydrogen-bond donors (Lipinski definition) is 1. The highest BCUT2D eigenvalue weighted by molar-refractivity contribution is 5.83. The summed E-state index contributed by atoms with van der Waals surface area (Å²) in [6, 6.07) is 8.54. The molecule has 2 heteroatoms. The molecule has 2 nitrogen and oxygen atoms in total. The lowest BCUT2D eigenvalue weighted by atomic mass is 9.98. The summed E-state index contributed by atoms with van der Waals surface area (Å²) in [6.45, 7) is 6.96. The Morgan fingerprint density at radius 1 is 1.31 bits per heavy atom. The van der Waals surface area contributed by atoms with Gasteiger partial charge in [0, 0.05) is 11.9 Å². The summed E-state index contributed by atoms with van der Waals surface area (Å²) in [5, 5.41) is 1.21. The van der Waals surface area contributed by atoms with E-state index in [-0.39, 0.29) is 0 Å². The van der Waals surface area contributed by atoms with Gasteiger partial charge < -0.3 is 5.73 Å². The van der Waals surface area contributed by atoms with Crippen LogP contribution in [-0.4, -0.2) is 4.98 Å². The van der Waals surface area contributed by atoms with Gasteiger partial charge in [-0.25, -0.2) is 0 Å². The van der Waals surface area contributed by atoms with E-state index in [0.717, 1.165) is 11.2 Å². The lowest BCUT2D eigenvalue weighted by Gasteiger charge is -2.11. The fourth-order valence-electron chi connectivity index (χ4n) is 2.04. The van der Waals surface area contributed by atoms with Crippen LogP contribution in [0.5, 0.6) is 0 Å². The quantitative estimate of drug-likeness (QED) is 0.834. The number of hydrogen-bond acceptors (Lipinski definition) is 2. The van der Waals surface area contributed by atoms with E-state index in [0.29, 0.717) is 12.5 Å². The molecule has 1 aromatic heterocycles. The van der Waals surface area contributed by atoms with Crippen molar-refractivity contribution in [3.63, 3.8) is 0 Å². The lowest BCUT2D eigenvalue weighted by molar-refractivity contribution is 0.869. The maximum Gasteiger partial charge on any atom is 0.0740 e. The number of fused-ring (bicyclic) bond motifs is 1. The molecule has 84 valence electrons. The van der Waals surface area contributed by atoms with Gasteiger partial charge in [0.1, 0.15) is 0 Å². The van der Waals surface area contributed by atoms with Crippen molar-refractivity contribution >= 4 is 10.9 Å². The first-order valence-corrected chi connectivity index (χ1v) is 5.72. The van der Waals surface area contributed by atoms with Gasteiger partial charge in [-0.1, -0.05) is 32.0 Å². The predicted octanol–water partition coefficient (Wildman–Crippen LogP) is 3.13. The molecule has 0 radical (unpaired) electrons. The third kappa shape index (κ3) is 1.81. The van der Waals surface area contributed by atoms with Crippen molar-refractivity contribution in [2.45, 2.75) is 33.2 Å². The molecule has 2 aromatic rings. The highest BCUT2D eigenvalue weighted by Crippen LogP contribution is 2.25. The van der Waals surface area contributed by atoms with Crippen LogP contribution in [0, 0.1) is 6.92 Å². The fourth-order valence-corrected chi connectivity index (χ4v) is 2.04. The molecule has 2 N–H and O–H groups in total. The Hall–Kier alpha value is -1.41. The molecule has 0 amide bonds. The van der Waals surface area contributed by atoms with Gasteiger partial charge in [-0.05, 0) is 30.0 Å². The van der Waals surface area contributed by atoms with Crippen LogP contribution < -0.4 is 5.73 Å². The summed E-state index contributed by atoms with van der Waals surface area (Å²) in [4.78, 5) is 4.69. The Bertz CT molecular complexity index is 515. The largest absolute Gasteiger partial charge is 0.325 e. The summed E-state index contributed by atoms with van der Waals surface area (Å²) >= 11 is 0. The van der Waals surface area contributed by atoms with Crippen molar-refractivity contribution in [3.05, 3.63) is 41.1 Å². The highest BCUT2D eigenvalue weighted by Gasteiger charge is 2.08. The van der Waals surface area contributed by atoms with Gasteiger partial charge in [-0.15, -0.1) is 0 Å². The Morgan fingerprint density at radius 3 is 2.69 bits per heavy atom. The zero-order valence-electron chi connectivity index (χ0n) is 10.1. The van der Waals surface area contributed by atoms with Crippen LogP contribution in [0.4, 0.5) is 0 Å². The molecule has 0 bridgehead atoms. The summed E-state index contributed by atoms with van der Waals surface area (Å²) < 4.78 is 0. The predicted molar refractivity (Wildman–Crippen MR) is 68.5 cm³/mol. The number of benzene rings is 1. The van der Waals surface area contributed by atoms with Crippen molar-refractivity contribution in [2.75, 3.05) is 0 Å². The van der Waals surface area contributed by atoms with Crippen molar-refractivity contribution < 1.29 is 0 Å². The van der Waals surface area contributed by atoms with E-state index >= 15 is 0 Å². The van der Waals surface area contributed by atoms with Crippen LogP contribution in [0.25, 0.3) is 10.9 Å². The number of aryl methyl sites for hydroxylation is 1. The average molecular weight is 214 g/mol. The second-order valence-electron chi connectivity index (χ2n) is 4.53. The second kappa shape index (κ2) is 4.22. The summed E-state index contributed by atoms with van der Waals surface area (Å²) in [6.07, 6.45) is 0. The minimum atomic E-state index is 0.490. The van der Waals surface area contributed by atoms with E-state index in [4.69, 9.17) is 5.73 Å². The standard InChI is InChI=1S/C14H18N2/c1-9(2)12-6-4-5-11-7-10(3)13(8-15)16-14(11)12/h4-7,9H,8,15H2,1-3H3. The molecule has 0 aliphatic carbocycles. The first-order valence-electron chi connectivity index (χ1n) is 5.72. The maximum absolute atomic E-state index is 5.71. The van der Waals surface area contributed by atoms with E-state index in [1.165, 1.54) is 16.5 Å². The maximum atomic E-state index is 5.71.